The molecule has 0 saturated heterocycles. The molecule has 1 unspecified atom stereocenters. The van der Waals surface area contributed by atoms with Crippen LogP contribution in [0.2, 0.25) is 0 Å². The van der Waals surface area contributed by atoms with Gasteiger partial charge in [-0.05, 0) is 24.6 Å². The molecule has 0 fully saturated rings. The van der Waals surface area contributed by atoms with Gasteiger partial charge in [0.2, 0.25) is 0 Å². The highest BCUT2D eigenvalue weighted by Gasteiger charge is 2.06. The van der Waals surface area contributed by atoms with Crippen molar-refractivity contribution < 1.29 is 19.0 Å². The van der Waals surface area contributed by atoms with Crippen LogP contribution in [0.3, 0.4) is 0 Å². The largest absolute Gasteiger partial charge is 0.491 e. The molecule has 0 spiro atoms. The van der Waals surface area contributed by atoms with Crippen LogP contribution in [0.25, 0.3) is 0 Å². The molecule has 0 amide bonds. The molecule has 0 bridgehead atoms. The Morgan fingerprint density at radius 2 is 2.12 bits per heavy atom. The lowest BCUT2D eigenvalue weighted by atomic mass is 10.2. The predicted molar refractivity (Wildman–Crippen MR) is 58.9 cm³/mol. The second-order valence-electron chi connectivity index (χ2n) is 3.66. The van der Waals surface area contributed by atoms with Gasteiger partial charge in [-0.15, -0.1) is 0 Å². The Balaban J connectivity index is 2.61. The van der Waals surface area contributed by atoms with E-state index in [9.17, 15) is 4.39 Å². The van der Waals surface area contributed by atoms with Crippen LogP contribution in [0, 0.1) is 5.82 Å². The van der Waals surface area contributed by atoms with Gasteiger partial charge in [0.15, 0.2) is 0 Å². The van der Waals surface area contributed by atoms with Crippen LogP contribution in [-0.4, -0.2) is 24.9 Å². The van der Waals surface area contributed by atoms with Crippen LogP contribution in [0.5, 0.6) is 5.75 Å². The summed E-state index contributed by atoms with van der Waals surface area (Å²) in [6.45, 7) is 2.30. The molecule has 16 heavy (non-hydrogen) atoms. The number of ether oxygens (including phenoxy) is 2. The topological polar surface area (TPSA) is 38.7 Å². The van der Waals surface area contributed by atoms with E-state index >= 15 is 0 Å². The Labute approximate surface area is 94.8 Å². The van der Waals surface area contributed by atoms with E-state index in [0.717, 1.165) is 6.42 Å². The van der Waals surface area contributed by atoms with E-state index in [0.29, 0.717) is 17.9 Å². The first-order chi connectivity index (χ1) is 7.65. The summed E-state index contributed by atoms with van der Waals surface area (Å²) < 4.78 is 23.5. The van der Waals surface area contributed by atoms with Crippen molar-refractivity contribution >= 4 is 0 Å². The average Bonchev–Trinajstić information content (AvgIpc) is 2.25. The van der Waals surface area contributed by atoms with Gasteiger partial charge >= 0.3 is 0 Å². The Hall–Kier alpha value is -1.13. The predicted octanol–water partition coefficient (Wildman–Crippen LogP) is 2.12. The summed E-state index contributed by atoms with van der Waals surface area (Å²) in [6, 6.07) is 4.22. The molecule has 1 aromatic carbocycles. The van der Waals surface area contributed by atoms with Crippen LogP contribution in [0.15, 0.2) is 18.2 Å². The van der Waals surface area contributed by atoms with Crippen molar-refractivity contribution in [2.45, 2.75) is 26.1 Å². The van der Waals surface area contributed by atoms with E-state index in [-0.39, 0.29) is 12.7 Å². The van der Waals surface area contributed by atoms with Gasteiger partial charge in [0.05, 0.1) is 12.7 Å². The molecule has 0 aliphatic rings. The molecule has 0 aliphatic heterocycles. The Morgan fingerprint density at radius 3 is 2.75 bits per heavy atom. The van der Waals surface area contributed by atoms with Gasteiger partial charge in [0, 0.05) is 26.2 Å². The highest BCUT2D eigenvalue weighted by atomic mass is 19.1. The van der Waals surface area contributed by atoms with E-state index in [1.165, 1.54) is 12.1 Å². The number of aliphatic hydroxyl groups excluding tert-OH is 1. The highest BCUT2D eigenvalue weighted by molar-refractivity contribution is 5.29. The third-order valence-electron chi connectivity index (χ3n) is 2.18. The molecule has 1 N–H and O–H groups in total. The van der Waals surface area contributed by atoms with Gasteiger partial charge in [0.1, 0.15) is 11.6 Å². The normalized spacial score (nSPS) is 12.5. The van der Waals surface area contributed by atoms with Crippen molar-refractivity contribution in [2.24, 2.45) is 0 Å². The highest BCUT2D eigenvalue weighted by Crippen LogP contribution is 2.18. The van der Waals surface area contributed by atoms with Gasteiger partial charge in [-0.1, -0.05) is 0 Å². The van der Waals surface area contributed by atoms with Crippen molar-refractivity contribution in [3.05, 3.63) is 29.6 Å². The lowest BCUT2D eigenvalue weighted by Crippen LogP contribution is -2.14. The molecule has 1 aromatic rings. The minimum atomic E-state index is -0.402. The second-order valence-corrected chi connectivity index (χ2v) is 3.66. The summed E-state index contributed by atoms with van der Waals surface area (Å²) >= 11 is 0. The number of aliphatic hydroxyl groups is 1. The smallest absolute Gasteiger partial charge is 0.127 e. The summed E-state index contributed by atoms with van der Waals surface area (Å²) in [7, 11) is 1.62. The standard InChI is InChI=1S/C12H17FO3/c1-9(3-4-15-2)16-12-6-10(8-14)5-11(13)7-12/h5-7,9,14H,3-4,8H2,1-2H3. The maximum absolute atomic E-state index is 13.1. The molecule has 0 heterocycles. The summed E-state index contributed by atoms with van der Waals surface area (Å²) in [5.74, 6) is 0.0353. The van der Waals surface area contributed by atoms with Gasteiger partial charge < -0.3 is 14.6 Å². The maximum atomic E-state index is 13.1. The summed E-state index contributed by atoms with van der Waals surface area (Å²) in [6.07, 6.45) is 0.690. The molecule has 4 heteroatoms. The van der Waals surface area contributed by atoms with Crippen LogP contribution in [0.1, 0.15) is 18.9 Å². The third-order valence-corrected chi connectivity index (χ3v) is 2.18. The molecule has 0 aliphatic carbocycles. The molecular weight excluding hydrogens is 211 g/mol. The Kier molecular flexibility index (Phi) is 5.22. The zero-order valence-electron chi connectivity index (χ0n) is 9.57. The van der Waals surface area contributed by atoms with Crippen LogP contribution < -0.4 is 4.74 Å². The monoisotopic (exact) mass is 228 g/mol. The first-order valence-corrected chi connectivity index (χ1v) is 5.21. The lowest BCUT2D eigenvalue weighted by Gasteiger charge is -2.14. The Bertz CT molecular complexity index is 328. The third kappa shape index (κ3) is 4.16. The van der Waals surface area contributed by atoms with Crippen molar-refractivity contribution in [1.82, 2.24) is 0 Å². The van der Waals surface area contributed by atoms with Gasteiger partial charge in [-0.25, -0.2) is 4.39 Å². The minimum Gasteiger partial charge on any atom is -0.491 e. The van der Waals surface area contributed by atoms with Gasteiger partial charge in [-0.3, -0.25) is 0 Å². The van der Waals surface area contributed by atoms with E-state index < -0.39 is 5.82 Å². The first-order valence-electron chi connectivity index (χ1n) is 5.21. The van der Waals surface area contributed by atoms with Gasteiger partial charge in [0.25, 0.3) is 0 Å². The van der Waals surface area contributed by atoms with Crippen LogP contribution in [-0.2, 0) is 11.3 Å². The number of halogens is 1. The second kappa shape index (κ2) is 6.45. The van der Waals surface area contributed by atoms with Crippen molar-refractivity contribution in [3.63, 3.8) is 0 Å². The summed E-state index contributed by atoms with van der Waals surface area (Å²) in [4.78, 5) is 0. The van der Waals surface area contributed by atoms with E-state index in [1.807, 2.05) is 6.92 Å². The molecule has 0 aromatic heterocycles. The Morgan fingerprint density at radius 1 is 1.38 bits per heavy atom. The van der Waals surface area contributed by atoms with E-state index in [2.05, 4.69) is 0 Å². The molecule has 0 saturated carbocycles. The average molecular weight is 228 g/mol. The van der Waals surface area contributed by atoms with E-state index in [4.69, 9.17) is 14.6 Å². The number of methoxy groups -OCH3 is 1. The zero-order chi connectivity index (χ0) is 12.0. The molecule has 1 atom stereocenters. The van der Waals surface area contributed by atoms with Crippen molar-refractivity contribution in [3.8, 4) is 5.75 Å². The number of hydrogen-bond donors (Lipinski definition) is 1. The quantitative estimate of drug-likeness (QED) is 0.810. The van der Waals surface area contributed by atoms with Crippen molar-refractivity contribution in [1.29, 1.82) is 0 Å². The molecule has 1 rings (SSSR count). The lowest BCUT2D eigenvalue weighted by molar-refractivity contribution is 0.135. The van der Waals surface area contributed by atoms with Crippen LogP contribution >= 0.6 is 0 Å². The number of hydrogen-bond acceptors (Lipinski definition) is 3. The minimum absolute atomic E-state index is 0.0479. The molecule has 3 nitrogen and oxygen atoms in total. The maximum Gasteiger partial charge on any atom is 0.127 e. The molecule has 0 radical (unpaired) electrons. The summed E-state index contributed by atoms with van der Waals surface area (Å²) in [5, 5.41) is 8.92. The fraction of sp³-hybridized carbons (Fsp3) is 0.500. The first kappa shape index (κ1) is 12.9. The fourth-order valence-corrected chi connectivity index (χ4v) is 1.36. The van der Waals surface area contributed by atoms with Crippen LogP contribution in [0.4, 0.5) is 4.39 Å². The summed E-state index contributed by atoms with van der Waals surface area (Å²) in [5.41, 5.74) is 0.508. The zero-order valence-corrected chi connectivity index (χ0v) is 9.57. The van der Waals surface area contributed by atoms with E-state index in [1.54, 1.807) is 13.2 Å². The van der Waals surface area contributed by atoms with Crippen molar-refractivity contribution in [2.75, 3.05) is 13.7 Å². The van der Waals surface area contributed by atoms with Gasteiger partial charge in [-0.2, -0.15) is 0 Å². The SMILES string of the molecule is COCCC(C)Oc1cc(F)cc(CO)c1. The number of benzene rings is 1. The number of rotatable bonds is 6. The molecular formula is C12H17FO3. The fourth-order valence-electron chi connectivity index (χ4n) is 1.36. The molecule has 90 valence electrons.